The van der Waals surface area contributed by atoms with E-state index in [4.69, 9.17) is 20.4 Å². The summed E-state index contributed by atoms with van der Waals surface area (Å²) in [6.45, 7) is 4.53. The van der Waals surface area contributed by atoms with Crippen molar-refractivity contribution < 1.29 is 54.6 Å². The minimum absolute atomic E-state index is 0. The Balaban J connectivity index is -0.000000353. The first-order chi connectivity index (χ1) is 25.3. The molecule has 0 radical (unpaired) electrons. The van der Waals surface area contributed by atoms with Crippen LogP contribution in [0.1, 0.15) is 232 Å². The van der Waals surface area contributed by atoms with E-state index >= 15 is 0 Å². The van der Waals surface area contributed by atoms with Crippen molar-refractivity contribution in [2.24, 2.45) is 0 Å². The van der Waals surface area contributed by atoms with Gasteiger partial charge in [-0.1, -0.05) is 194 Å². The molecule has 0 aromatic heterocycles. The molecule has 0 saturated heterocycles. The molecule has 0 aliphatic heterocycles. The number of aliphatic hydroxyl groups is 1. The SMILES string of the molecule is CCCCCCCCCCCCCCCCCC(=O)[O-].CCCCCCCCCCCCCCCCCC(=O)[O-].O=C(O)CC(O)(CC(=O)O)C(=O)O.[Ca+2]. The number of hydrogen-bond acceptors (Lipinski definition) is 8. The number of carboxylic acid groups (broad SMARTS) is 5. The summed E-state index contributed by atoms with van der Waals surface area (Å²) < 4.78 is 0. The third kappa shape index (κ3) is 52.7. The Hall–Kier alpha value is -1.43. The third-order valence-electron chi connectivity index (χ3n) is 9.25. The van der Waals surface area contributed by atoms with E-state index in [0.717, 1.165) is 25.7 Å². The molecule has 0 saturated carbocycles. The molecule has 12 heteroatoms. The van der Waals surface area contributed by atoms with Gasteiger partial charge in [0.05, 0.1) is 12.8 Å². The molecule has 4 N–H and O–H groups in total. The van der Waals surface area contributed by atoms with Crippen molar-refractivity contribution in [3.8, 4) is 0 Å². The minimum Gasteiger partial charge on any atom is -0.550 e. The Morgan fingerprint density at radius 1 is 0.389 bits per heavy atom. The van der Waals surface area contributed by atoms with Crippen molar-refractivity contribution in [1.29, 1.82) is 0 Å². The fourth-order valence-electron chi connectivity index (χ4n) is 6.00. The normalized spacial score (nSPS) is 10.6. The average molecular weight is 799 g/mol. The van der Waals surface area contributed by atoms with Crippen LogP contribution in [0.15, 0.2) is 0 Å². The maximum atomic E-state index is 10.3. The van der Waals surface area contributed by atoms with Gasteiger partial charge in [0.25, 0.3) is 0 Å². The van der Waals surface area contributed by atoms with Crippen molar-refractivity contribution in [3.63, 3.8) is 0 Å². The molecule has 314 valence electrons. The molecule has 0 rings (SSSR count). The van der Waals surface area contributed by atoms with Crippen LogP contribution in [0.3, 0.4) is 0 Å². The van der Waals surface area contributed by atoms with Crippen molar-refractivity contribution in [2.75, 3.05) is 0 Å². The molecule has 0 aliphatic rings. The molecular weight excluding hydrogens is 721 g/mol. The first-order valence-corrected chi connectivity index (χ1v) is 21.1. The number of aliphatic carboxylic acids is 5. The molecule has 0 spiro atoms. The van der Waals surface area contributed by atoms with Crippen LogP contribution < -0.4 is 10.2 Å². The second-order valence-electron chi connectivity index (χ2n) is 14.6. The molecule has 0 unspecified atom stereocenters. The molecule has 0 aromatic carbocycles. The predicted molar refractivity (Wildman–Crippen MR) is 212 cm³/mol. The number of carboxylic acids is 5. The smallest absolute Gasteiger partial charge is 0.550 e. The molecular formula is C42H78CaO11. The number of unbranched alkanes of at least 4 members (excludes halogenated alkanes) is 28. The van der Waals surface area contributed by atoms with Crippen molar-refractivity contribution in [3.05, 3.63) is 0 Å². The van der Waals surface area contributed by atoms with Gasteiger partial charge in [0.15, 0.2) is 5.60 Å². The Bertz CT molecular complexity index is 822. The Labute approximate surface area is 357 Å². The summed E-state index contributed by atoms with van der Waals surface area (Å²) in [6.07, 6.45) is 37.4. The fraction of sp³-hybridized carbons (Fsp3) is 0.881. The van der Waals surface area contributed by atoms with Crippen molar-refractivity contribution >= 4 is 67.6 Å². The molecule has 11 nitrogen and oxygen atoms in total. The largest absolute Gasteiger partial charge is 2.00 e. The molecule has 0 fully saturated rings. The molecule has 0 atom stereocenters. The second kappa shape index (κ2) is 46.0. The van der Waals surface area contributed by atoms with Gasteiger partial charge in [-0.25, -0.2) is 4.79 Å². The molecule has 0 aromatic rings. The number of carbonyl (C=O) groups excluding carboxylic acids is 2. The third-order valence-corrected chi connectivity index (χ3v) is 9.25. The molecule has 0 aliphatic carbocycles. The summed E-state index contributed by atoms with van der Waals surface area (Å²) in [7, 11) is 0. The van der Waals surface area contributed by atoms with Gasteiger partial charge in [0.1, 0.15) is 0 Å². The first-order valence-electron chi connectivity index (χ1n) is 21.1. The van der Waals surface area contributed by atoms with Crippen LogP contribution in [-0.2, 0) is 24.0 Å². The van der Waals surface area contributed by atoms with Crippen LogP contribution in [0.2, 0.25) is 0 Å². The van der Waals surface area contributed by atoms with Gasteiger partial charge in [-0.3, -0.25) is 9.59 Å². The maximum Gasteiger partial charge on any atom is 2.00 e. The Morgan fingerprint density at radius 3 is 0.722 bits per heavy atom. The first kappa shape index (κ1) is 59.3. The monoisotopic (exact) mass is 799 g/mol. The Morgan fingerprint density at radius 2 is 0.574 bits per heavy atom. The Kier molecular flexibility index (Phi) is 50.4. The van der Waals surface area contributed by atoms with E-state index in [-0.39, 0.29) is 50.6 Å². The van der Waals surface area contributed by atoms with E-state index < -0.39 is 48.3 Å². The second-order valence-corrected chi connectivity index (χ2v) is 14.6. The van der Waals surface area contributed by atoms with E-state index in [1.807, 2.05) is 0 Å². The van der Waals surface area contributed by atoms with Gasteiger partial charge in [0, 0.05) is 11.9 Å². The summed E-state index contributed by atoms with van der Waals surface area (Å²) in [4.78, 5) is 50.9. The van der Waals surface area contributed by atoms with Crippen LogP contribution in [0.25, 0.3) is 0 Å². The van der Waals surface area contributed by atoms with Crippen LogP contribution in [0, 0.1) is 0 Å². The van der Waals surface area contributed by atoms with Gasteiger partial charge in [-0.05, 0) is 25.7 Å². The quantitative estimate of drug-likeness (QED) is 0.0346. The standard InChI is InChI=1S/2C18H36O2.C6H8O7.Ca/c2*1-2-3-4-5-6-7-8-9-10-11-12-13-14-15-16-17-18(19)20;7-3(8)1-6(13,5(11)12)2-4(9)10;/h2*2-17H2,1H3,(H,19,20);13H,1-2H2,(H,7,8)(H,9,10)(H,11,12);/q;;;+2/p-2. The number of carbonyl (C=O) groups is 5. The zero-order valence-corrected chi connectivity index (χ0v) is 36.6. The van der Waals surface area contributed by atoms with Gasteiger partial charge in [-0.15, -0.1) is 0 Å². The van der Waals surface area contributed by atoms with E-state index in [1.54, 1.807) is 0 Å². The summed E-state index contributed by atoms with van der Waals surface area (Å²) in [5.41, 5.74) is -2.74. The van der Waals surface area contributed by atoms with E-state index in [0.29, 0.717) is 0 Å². The van der Waals surface area contributed by atoms with E-state index in [1.165, 1.54) is 167 Å². The molecule has 0 amide bonds. The minimum atomic E-state index is -2.74. The van der Waals surface area contributed by atoms with Crippen LogP contribution in [-0.4, -0.2) is 93.6 Å². The zero-order chi connectivity index (χ0) is 40.4. The van der Waals surface area contributed by atoms with E-state index in [2.05, 4.69) is 13.8 Å². The summed E-state index contributed by atoms with van der Waals surface area (Å²) >= 11 is 0. The van der Waals surface area contributed by atoms with Crippen LogP contribution >= 0.6 is 0 Å². The summed E-state index contributed by atoms with van der Waals surface area (Å²) in [5, 5.41) is 54.3. The predicted octanol–water partition coefficient (Wildman–Crippen LogP) is 8.37. The summed E-state index contributed by atoms with van der Waals surface area (Å²) in [5.74, 6) is -6.83. The van der Waals surface area contributed by atoms with Crippen molar-refractivity contribution in [2.45, 2.75) is 238 Å². The maximum absolute atomic E-state index is 10.3. The average Bonchev–Trinajstić information content (AvgIpc) is 3.08. The van der Waals surface area contributed by atoms with Gasteiger partial charge < -0.3 is 40.2 Å². The zero-order valence-electron chi connectivity index (χ0n) is 34.4. The van der Waals surface area contributed by atoms with Crippen LogP contribution in [0.5, 0.6) is 0 Å². The van der Waals surface area contributed by atoms with Gasteiger partial charge in [0.2, 0.25) is 0 Å². The van der Waals surface area contributed by atoms with Gasteiger partial charge >= 0.3 is 55.6 Å². The molecule has 0 heterocycles. The number of rotatable bonds is 37. The molecule has 54 heavy (non-hydrogen) atoms. The van der Waals surface area contributed by atoms with Crippen molar-refractivity contribution in [1.82, 2.24) is 0 Å². The van der Waals surface area contributed by atoms with Crippen LogP contribution in [0.4, 0.5) is 0 Å². The topological polar surface area (TPSA) is 212 Å². The number of hydrogen-bond donors (Lipinski definition) is 4. The molecule has 0 bridgehead atoms. The summed E-state index contributed by atoms with van der Waals surface area (Å²) in [6, 6.07) is 0. The van der Waals surface area contributed by atoms with Gasteiger partial charge in [-0.2, -0.15) is 0 Å². The van der Waals surface area contributed by atoms with E-state index in [9.17, 15) is 34.2 Å². The fourth-order valence-corrected chi connectivity index (χ4v) is 6.00.